The molecule has 0 amide bonds. The maximum atomic E-state index is 12.9. The third-order valence-electron chi connectivity index (χ3n) is 7.87. The zero-order valence-electron chi connectivity index (χ0n) is 20.1. The number of phenolic OH excluding ortho intramolecular Hbond substituents is 1. The van der Waals surface area contributed by atoms with Crippen LogP contribution in [0.2, 0.25) is 0 Å². The van der Waals surface area contributed by atoms with Crippen LogP contribution in [0, 0.1) is 0 Å². The summed E-state index contributed by atoms with van der Waals surface area (Å²) in [7, 11) is 1.98. The Kier molecular flexibility index (Phi) is 5.37. The van der Waals surface area contributed by atoms with E-state index in [9.17, 15) is 24.6 Å². The number of likely N-dealkylation sites (N-methyl/N-ethyl adjacent to an activating group) is 1. The summed E-state index contributed by atoms with van der Waals surface area (Å²) in [5.74, 6) is -1.85. The molecule has 35 heavy (non-hydrogen) atoms. The number of carbonyl (C=O) groups is 3. The minimum absolute atomic E-state index is 0.0281. The number of rotatable bonds is 5. The third-order valence-corrected chi connectivity index (χ3v) is 7.87. The van der Waals surface area contributed by atoms with Gasteiger partial charge in [0, 0.05) is 24.9 Å². The van der Waals surface area contributed by atoms with Gasteiger partial charge >= 0.3 is 17.9 Å². The van der Waals surface area contributed by atoms with E-state index in [1.54, 1.807) is 12.1 Å². The number of carbonyl (C=O) groups excluding carboxylic acids is 3. The number of aliphatic hydroxyl groups is 1. The zero-order chi connectivity index (χ0) is 25.3. The average molecular weight is 488 g/mol. The van der Waals surface area contributed by atoms with E-state index in [0.29, 0.717) is 25.1 Å². The monoisotopic (exact) mass is 487 g/mol. The molecule has 2 aliphatic heterocycles. The normalized spacial score (nSPS) is 31.9. The van der Waals surface area contributed by atoms with E-state index in [1.807, 2.05) is 13.1 Å². The fourth-order valence-electron chi connectivity index (χ4n) is 6.25. The Labute approximate surface area is 202 Å². The Morgan fingerprint density at radius 3 is 2.60 bits per heavy atom. The van der Waals surface area contributed by atoms with Gasteiger partial charge < -0.3 is 34.1 Å². The van der Waals surface area contributed by atoms with Gasteiger partial charge in [-0.1, -0.05) is 6.07 Å². The first kappa shape index (κ1) is 23.6. The van der Waals surface area contributed by atoms with E-state index in [4.69, 9.17) is 18.9 Å². The molecule has 2 N–H and O–H groups in total. The highest BCUT2D eigenvalue weighted by atomic mass is 16.6. The zero-order valence-corrected chi connectivity index (χ0v) is 20.1. The number of ether oxygens (including phenoxy) is 4. The van der Waals surface area contributed by atoms with Crippen molar-refractivity contribution in [3.8, 4) is 11.5 Å². The number of nitrogens with zero attached hydrogens (tertiary/aromatic N) is 1. The van der Waals surface area contributed by atoms with Gasteiger partial charge in [-0.3, -0.25) is 4.79 Å². The molecular formula is C25H29NO9. The van der Waals surface area contributed by atoms with E-state index in [0.717, 1.165) is 11.1 Å². The van der Waals surface area contributed by atoms with Gasteiger partial charge in [0.2, 0.25) is 0 Å². The summed E-state index contributed by atoms with van der Waals surface area (Å²) in [5.41, 5.74) is -0.286. The van der Waals surface area contributed by atoms with Crippen molar-refractivity contribution in [3.05, 3.63) is 35.1 Å². The summed E-state index contributed by atoms with van der Waals surface area (Å²) in [6.45, 7) is 4.57. The minimum atomic E-state index is -1.27. The van der Waals surface area contributed by atoms with Gasteiger partial charge in [0.05, 0.1) is 11.0 Å². The smallest absolute Gasteiger partial charge is 0.352 e. The van der Waals surface area contributed by atoms with Crippen LogP contribution in [0.3, 0.4) is 0 Å². The number of hydrogen-bond donors (Lipinski definition) is 2. The molecule has 2 aliphatic carbocycles. The Balaban J connectivity index is 1.43. The van der Waals surface area contributed by atoms with E-state index in [2.05, 4.69) is 4.90 Å². The van der Waals surface area contributed by atoms with Crippen LogP contribution in [-0.2, 0) is 40.4 Å². The van der Waals surface area contributed by atoms with Crippen molar-refractivity contribution in [1.82, 2.24) is 4.90 Å². The molecule has 10 nitrogen and oxygen atoms in total. The number of phenols is 1. The molecule has 10 heteroatoms. The summed E-state index contributed by atoms with van der Waals surface area (Å²) < 4.78 is 21.8. The van der Waals surface area contributed by atoms with Crippen LogP contribution in [0.15, 0.2) is 24.0 Å². The summed E-state index contributed by atoms with van der Waals surface area (Å²) >= 11 is 0. The van der Waals surface area contributed by atoms with Crippen molar-refractivity contribution in [1.29, 1.82) is 0 Å². The summed E-state index contributed by atoms with van der Waals surface area (Å²) in [5, 5.41) is 22.7. The van der Waals surface area contributed by atoms with Gasteiger partial charge in [-0.05, 0) is 58.0 Å². The fourth-order valence-corrected chi connectivity index (χ4v) is 6.25. The standard InChI is InChI=1S/C25H29NO9/c1-12(32-14(3)27)22(29)33-13(2)23(30)34-17-7-8-25(31)18-11-15-5-6-16(28)20-19(15)24(25,21(17)35-20)9-10-26(18)4/h5-7,12-13,18,21,28,31H,8-11H2,1-4H3/t12-,13-,18?,21-,24-,25-/m0/s1. The number of likely N-dealkylation sites (tertiary alicyclic amines) is 1. The quantitative estimate of drug-likeness (QED) is 0.460. The molecule has 2 bridgehead atoms. The Morgan fingerprint density at radius 1 is 1.17 bits per heavy atom. The van der Waals surface area contributed by atoms with Crippen molar-refractivity contribution in [2.45, 2.75) is 75.4 Å². The van der Waals surface area contributed by atoms with Crippen LogP contribution in [0.25, 0.3) is 0 Å². The third kappa shape index (κ3) is 3.26. The largest absolute Gasteiger partial charge is 0.504 e. The van der Waals surface area contributed by atoms with E-state index < -0.39 is 47.2 Å². The average Bonchev–Trinajstić information content (AvgIpc) is 3.15. The molecule has 5 rings (SSSR count). The van der Waals surface area contributed by atoms with Gasteiger partial charge in [-0.2, -0.15) is 0 Å². The Bertz CT molecular complexity index is 1150. The SMILES string of the molecule is CC(=O)O[C@@H](C)C(=O)O[C@@H](C)C(=O)OC1=CC[C@]2(O)C3Cc4ccc(O)c5c4[C@@]2(CCN3C)[C@H]1O5. The van der Waals surface area contributed by atoms with E-state index in [-0.39, 0.29) is 24.0 Å². The topological polar surface area (TPSA) is 132 Å². The predicted molar refractivity (Wildman–Crippen MR) is 119 cm³/mol. The maximum Gasteiger partial charge on any atom is 0.352 e. The van der Waals surface area contributed by atoms with Crippen molar-refractivity contribution >= 4 is 17.9 Å². The van der Waals surface area contributed by atoms with Crippen molar-refractivity contribution in [2.75, 3.05) is 13.6 Å². The van der Waals surface area contributed by atoms with Crippen molar-refractivity contribution < 1.29 is 43.5 Å². The molecule has 0 saturated carbocycles. The van der Waals surface area contributed by atoms with Crippen LogP contribution < -0.4 is 4.74 Å². The highest BCUT2D eigenvalue weighted by molar-refractivity contribution is 5.83. The van der Waals surface area contributed by atoms with Crippen LogP contribution in [-0.4, -0.2) is 76.6 Å². The van der Waals surface area contributed by atoms with Gasteiger partial charge in [-0.25, -0.2) is 9.59 Å². The molecule has 1 spiro atoms. The lowest BCUT2D eigenvalue weighted by Gasteiger charge is -2.61. The predicted octanol–water partition coefficient (Wildman–Crippen LogP) is 1.10. The van der Waals surface area contributed by atoms with Gasteiger partial charge in [0.1, 0.15) is 5.76 Å². The number of benzene rings is 1. The number of piperidine rings is 1. The lowest BCUT2D eigenvalue weighted by Crippen LogP contribution is -2.74. The number of hydrogen-bond acceptors (Lipinski definition) is 10. The molecule has 4 aliphatic rings. The van der Waals surface area contributed by atoms with Gasteiger partial charge in [0.15, 0.2) is 29.8 Å². The second-order valence-corrected chi connectivity index (χ2v) is 9.85. The molecular weight excluding hydrogens is 458 g/mol. The first-order valence-electron chi connectivity index (χ1n) is 11.7. The van der Waals surface area contributed by atoms with Crippen LogP contribution in [0.1, 0.15) is 44.7 Å². The molecule has 1 aromatic rings. The molecule has 6 atom stereocenters. The molecule has 1 aromatic carbocycles. The van der Waals surface area contributed by atoms with E-state index >= 15 is 0 Å². The molecule has 2 heterocycles. The summed E-state index contributed by atoms with van der Waals surface area (Å²) in [6, 6.07) is 3.29. The van der Waals surface area contributed by atoms with Crippen LogP contribution in [0.4, 0.5) is 0 Å². The van der Waals surface area contributed by atoms with Gasteiger partial charge in [-0.15, -0.1) is 0 Å². The number of esters is 3. The molecule has 0 aromatic heterocycles. The van der Waals surface area contributed by atoms with Crippen LogP contribution >= 0.6 is 0 Å². The first-order valence-corrected chi connectivity index (χ1v) is 11.7. The lowest BCUT2D eigenvalue weighted by atomic mass is 9.50. The lowest BCUT2D eigenvalue weighted by molar-refractivity contribution is -0.179. The summed E-state index contributed by atoms with van der Waals surface area (Å²) in [6.07, 6.45) is -0.227. The molecule has 1 unspecified atom stereocenters. The minimum Gasteiger partial charge on any atom is -0.504 e. The van der Waals surface area contributed by atoms with Crippen LogP contribution in [0.5, 0.6) is 11.5 Å². The molecule has 0 radical (unpaired) electrons. The maximum absolute atomic E-state index is 12.9. The molecule has 1 fully saturated rings. The Hall–Kier alpha value is -3.11. The summed E-state index contributed by atoms with van der Waals surface area (Å²) in [4.78, 5) is 38.2. The fraction of sp³-hybridized carbons (Fsp3) is 0.560. The highest BCUT2D eigenvalue weighted by Crippen LogP contribution is 2.65. The van der Waals surface area contributed by atoms with Crippen molar-refractivity contribution in [3.63, 3.8) is 0 Å². The molecule has 1 saturated heterocycles. The second kappa shape index (κ2) is 7.96. The number of aromatic hydroxyl groups is 1. The van der Waals surface area contributed by atoms with E-state index in [1.165, 1.54) is 20.8 Å². The first-order chi connectivity index (χ1) is 16.5. The Morgan fingerprint density at radius 2 is 1.89 bits per heavy atom. The van der Waals surface area contributed by atoms with Crippen molar-refractivity contribution in [2.24, 2.45) is 0 Å². The molecule has 188 valence electrons. The van der Waals surface area contributed by atoms with Gasteiger partial charge in [0.25, 0.3) is 0 Å². The highest BCUT2D eigenvalue weighted by Gasteiger charge is 2.72. The second-order valence-electron chi connectivity index (χ2n) is 9.85.